The zero-order valence-electron chi connectivity index (χ0n) is 13.2. The number of benzene rings is 1. The standard InChI is InChI=1S/C17H23NO5/c1-2-6-13(16(20)21)15-14(19)9-10-18(15)17(22)23-11-12-7-4-3-5-8-12/h3-5,7-8,13-15,19H,2,6,9-11H2,1H3,(H,20,21)/t13-,14-,15+/m1/s1. The van der Waals surface area contributed by atoms with Crippen molar-refractivity contribution in [3.05, 3.63) is 35.9 Å². The van der Waals surface area contributed by atoms with E-state index in [0.717, 1.165) is 5.56 Å². The Labute approximate surface area is 135 Å². The van der Waals surface area contributed by atoms with Crippen molar-refractivity contribution >= 4 is 12.1 Å². The van der Waals surface area contributed by atoms with Crippen molar-refractivity contribution in [3.8, 4) is 0 Å². The molecule has 1 amide bonds. The number of carbonyl (C=O) groups is 2. The lowest BCUT2D eigenvalue weighted by Gasteiger charge is -2.30. The van der Waals surface area contributed by atoms with Gasteiger partial charge >= 0.3 is 12.1 Å². The Kier molecular flexibility index (Phi) is 5.98. The van der Waals surface area contributed by atoms with Crippen molar-refractivity contribution in [2.24, 2.45) is 5.92 Å². The monoisotopic (exact) mass is 321 g/mol. The maximum Gasteiger partial charge on any atom is 0.410 e. The third kappa shape index (κ3) is 4.22. The van der Waals surface area contributed by atoms with Crippen LogP contribution in [0.2, 0.25) is 0 Å². The lowest BCUT2D eigenvalue weighted by molar-refractivity contribution is -0.145. The molecule has 1 aromatic carbocycles. The van der Waals surface area contributed by atoms with Crippen LogP contribution in [0.1, 0.15) is 31.7 Å². The van der Waals surface area contributed by atoms with Crippen LogP contribution in [-0.2, 0) is 16.1 Å². The predicted molar refractivity (Wildman–Crippen MR) is 83.8 cm³/mol. The largest absolute Gasteiger partial charge is 0.481 e. The Morgan fingerprint density at radius 2 is 2.04 bits per heavy atom. The Hall–Kier alpha value is -2.08. The number of hydrogen-bond acceptors (Lipinski definition) is 4. The summed E-state index contributed by atoms with van der Waals surface area (Å²) in [6, 6.07) is 8.55. The fourth-order valence-electron chi connectivity index (χ4n) is 3.05. The van der Waals surface area contributed by atoms with Crippen LogP contribution in [0.4, 0.5) is 4.79 Å². The number of amides is 1. The summed E-state index contributed by atoms with van der Waals surface area (Å²) >= 11 is 0. The fourth-order valence-corrected chi connectivity index (χ4v) is 3.05. The van der Waals surface area contributed by atoms with Crippen LogP contribution in [0.3, 0.4) is 0 Å². The third-order valence-corrected chi connectivity index (χ3v) is 4.19. The van der Waals surface area contributed by atoms with Gasteiger partial charge in [0.25, 0.3) is 0 Å². The van der Waals surface area contributed by atoms with Crippen LogP contribution in [0.15, 0.2) is 30.3 Å². The molecule has 6 nitrogen and oxygen atoms in total. The van der Waals surface area contributed by atoms with Crippen molar-refractivity contribution in [3.63, 3.8) is 0 Å². The molecule has 6 heteroatoms. The van der Waals surface area contributed by atoms with Crippen molar-refractivity contribution in [2.75, 3.05) is 6.54 Å². The van der Waals surface area contributed by atoms with Crippen molar-refractivity contribution in [1.82, 2.24) is 4.90 Å². The second-order valence-corrected chi connectivity index (χ2v) is 5.81. The molecule has 0 saturated carbocycles. The minimum Gasteiger partial charge on any atom is -0.481 e. The molecule has 0 aliphatic carbocycles. The van der Waals surface area contributed by atoms with Gasteiger partial charge in [0.1, 0.15) is 6.61 Å². The summed E-state index contributed by atoms with van der Waals surface area (Å²) in [4.78, 5) is 25.1. The number of carboxylic acids is 1. The quantitative estimate of drug-likeness (QED) is 0.839. The molecule has 0 spiro atoms. The molecule has 0 aromatic heterocycles. The van der Waals surface area contributed by atoms with E-state index in [2.05, 4.69) is 0 Å². The number of ether oxygens (including phenoxy) is 1. The van der Waals surface area contributed by atoms with Gasteiger partial charge in [-0.3, -0.25) is 4.79 Å². The molecule has 0 unspecified atom stereocenters. The number of rotatable bonds is 6. The first-order valence-electron chi connectivity index (χ1n) is 7.92. The second-order valence-electron chi connectivity index (χ2n) is 5.81. The highest BCUT2D eigenvalue weighted by atomic mass is 16.6. The van der Waals surface area contributed by atoms with Gasteiger partial charge in [-0.15, -0.1) is 0 Å². The normalized spacial score (nSPS) is 21.9. The average molecular weight is 321 g/mol. The Balaban J connectivity index is 2.04. The highest BCUT2D eigenvalue weighted by Crippen LogP contribution is 2.28. The molecule has 1 fully saturated rings. The summed E-state index contributed by atoms with van der Waals surface area (Å²) in [5.74, 6) is -1.76. The van der Waals surface area contributed by atoms with Crippen LogP contribution in [-0.4, -0.2) is 45.9 Å². The molecule has 0 bridgehead atoms. The van der Waals surface area contributed by atoms with E-state index < -0.39 is 30.1 Å². The smallest absolute Gasteiger partial charge is 0.410 e. The summed E-state index contributed by atoms with van der Waals surface area (Å²) < 4.78 is 5.28. The van der Waals surface area contributed by atoms with E-state index in [4.69, 9.17) is 4.74 Å². The zero-order valence-corrected chi connectivity index (χ0v) is 13.2. The van der Waals surface area contributed by atoms with Gasteiger partial charge in [0.2, 0.25) is 0 Å². The van der Waals surface area contributed by atoms with Crippen LogP contribution >= 0.6 is 0 Å². The molecule has 23 heavy (non-hydrogen) atoms. The van der Waals surface area contributed by atoms with Gasteiger partial charge in [0.05, 0.1) is 18.1 Å². The van der Waals surface area contributed by atoms with E-state index in [0.29, 0.717) is 25.8 Å². The summed E-state index contributed by atoms with van der Waals surface area (Å²) in [7, 11) is 0. The van der Waals surface area contributed by atoms with Crippen molar-refractivity contribution in [2.45, 2.75) is 44.9 Å². The molecular formula is C17H23NO5. The fraction of sp³-hybridized carbons (Fsp3) is 0.529. The SMILES string of the molecule is CCC[C@@H](C(=O)O)[C@H]1[C@H](O)CCN1C(=O)OCc1ccccc1. The number of likely N-dealkylation sites (tertiary alicyclic amines) is 1. The van der Waals surface area contributed by atoms with Crippen molar-refractivity contribution < 1.29 is 24.5 Å². The molecule has 3 atom stereocenters. The number of aliphatic carboxylic acids is 1. The van der Waals surface area contributed by atoms with E-state index in [1.807, 2.05) is 37.3 Å². The Morgan fingerprint density at radius 3 is 2.65 bits per heavy atom. The maximum absolute atomic E-state index is 12.3. The molecule has 2 N–H and O–H groups in total. The summed E-state index contributed by atoms with van der Waals surface area (Å²) in [6.45, 7) is 2.33. The van der Waals surface area contributed by atoms with Crippen LogP contribution < -0.4 is 0 Å². The number of hydrogen-bond donors (Lipinski definition) is 2. The van der Waals surface area contributed by atoms with E-state index in [-0.39, 0.29) is 6.61 Å². The molecular weight excluding hydrogens is 298 g/mol. The lowest BCUT2D eigenvalue weighted by Crippen LogP contribution is -2.47. The summed E-state index contributed by atoms with van der Waals surface area (Å²) in [6.07, 6.45) is 0.0651. The molecule has 1 saturated heterocycles. The van der Waals surface area contributed by atoms with Crippen LogP contribution in [0.5, 0.6) is 0 Å². The van der Waals surface area contributed by atoms with Crippen LogP contribution in [0, 0.1) is 5.92 Å². The average Bonchev–Trinajstić information content (AvgIpc) is 2.92. The molecule has 1 aliphatic rings. The van der Waals surface area contributed by atoms with Gasteiger partial charge in [-0.25, -0.2) is 4.79 Å². The second kappa shape index (κ2) is 7.97. The molecule has 126 valence electrons. The van der Waals surface area contributed by atoms with Gasteiger partial charge in [-0.1, -0.05) is 43.7 Å². The number of aliphatic hydroxyl groups is 1. The lowest BCUT2D eigenvalue weighted by atomic mass is 9.91. The molecule has 1 heterocycles. The van der Waals surface area contributed by atoms with E-state index in [1.165, 1.54) is 4.90 Å². The molecule has 2 rings (SSSR count). The van der Waals surface area contributed by atoms with E-state index in [1.54, 1.807) is 0 Å². The predicted octanol–water partition coefficient (Wildman–Crippen LogP) is 2.26. The Bertz CT molecular complexity index is 533. The minimum absolute atomic E-state index is 0.129. The number of nitrogens with zero attached hydrogens (tertiary/aromatic N) is 1. The Morgan fingerprint density at radius 1 is 1.35 bits per heavy atom. The zero-order chi connectivity index (χ0) is 16.8. The van der Waals surface area contributed by atoms with Gasteiger partial charge in [-0.05, 0) is 18.4 Å². The first-order chi connectivity index (χ1) is 11.0. The molecule has 0 radical (unpaired) electrons. The highest BCUT2D eigenvalue weighted by molar-refractivity contribution is 5.74. The van der Waals surface area contributed by atoms with Gasteiger partial charge in [0.15, 0.2) is 0 Å². The van der Waals surface area contributed by atoms with Crippen molar-refractivity contribution in [1.29, 1.82) is 0 Å². The topological polar surface area (TPSA) is 87.1 Å². The molecule has 1 aromatic rings. The van der Waals surface area contributed by atoms with Gasteiger partial charge in [-0.2, -0.15) is 0 Å². The summed E-state index contributed by atoms with van der Waals surface area (Å²) in [5, 5.41) is 19.5. The minimum atomic E-state index is -0.987. The summed E-state index contributed by atoms with van der Waals surface area (Å²) in [5.41, 5.74) is 0.862. The first-order valence-corrected chi connectivity index (χ1v) is 7.92. The van der Waals surface area contributed by atoms with E-state index in [9.17, 15) is 19.8 Å². The van der Waals surface area contributed by atoms with E-state index >= 15 is 0 Å². The van der Waals surface area contributed by atoms with Gasteiger partial charge < -0.3 is 19.8 Å². The van der Waals surface area contributed by atoms with Gasteiger partial charge in [0, 0.05) is 6.54 Å². The third-order valence-electron chi connectivity index (χ3n) is 4.19. The first kappa shape index (κ1) is 17.3. The van der Waals surface area contributed by atoms with Crippen LogP contribution in [0.25, 0.3) is 0 Å². The number of aliphatic hydroxyl groups excluding tert-OH is 1. The maximum atomic E-state index is 12.3. The number of carboxylic acid groups (broad SMARTS) is 1. The molecule has 1 aliphatic heterocycles. The number of carbonyl (C=O) groups excluding carboxylic acids is 1. The highest BCUT2D eigenvalue weighted by Gasteiger charge is 2.44.